The Morgan fingerprint density at radius 2 is 1.73 bits per heavy atom. The number of rotatable bonds is 7. The van der Waals surface area contributed by atoms with Gasteiger partial charge in [0.25, 0.3) is 5.91 Å². The largest absolute Gasteiger partial charge is 0.331 e. The molecule has 3 amide bonds. The molecule has 5 aromatic rings. The summed E-state index contributed by atoms with van der Waals surface area (Å²) in [5, 5.41) is 13.6. The van der Waals surface area contributed by atoms with Gasteiger partial charge in [-0.15, -0.1) is 11.3 Å². The Morgan fingerprint density at radius 1 is 0.958 bits per heavy atom. The van der Waals surface area contributed by atoms with E-state index in [1.54, 1.807) is 17.1 Å². The molecule has 5 heterocycles. The van der Waals surface area contributed by atoms with E-state index in [-0.39, 0.29) is 29.4 Å². The molecule has 0 saturated carbocycles. The predicted octanol–water partition coefficient (Wildman–Crippen LogP) is 8.27. The van der Waals surface area contributed by atoms with Gasteiger partial charge in [-0.1, -0.05) is 50.6 Å². The summed E-state index contributed by atoms with van der Waals surface area (Å²) in [5.41, 5.74) is 6.14. The van der Waals surface area contributed by atoms with Crippen molar-refractivity contribution in [1.82, 2.24) is 24.6 Å². The Morgan fingerprint density at radius 3 is 2.44 bits per heavy atom. The molecular weight excluding hydrogens is 619 g/mol. The van der Waals surface area contributed by atoms with Gasteiger partial charge in [0.05, 0.1) is 11.4 Å². The molecule has 2 N–H and O–H groups in total. The molecular formula is C38H41N7O2S. The summed E-state index contributed by atoms with van der Waals surface area (Å²) in [7, 11) is 0. The molecule has 2 atom stereocenters. The number of amides is 3. The molecule has 48 heavy (non-hydrogen) atoms. The predicted molar refractivity (Wildman–Crippen MR) is 191 cm³/mol. The molecule has 0 spiro atoms. The zero-order chi connectivity index (χ0) is 33.4. The van der Waals surface area contributed by atoms with E-state index in [0.717, 1.165) is 65.3 Å². The number of thiazole rings is 1. The van der Waals surface area contributed by atoms with Crippen molar-refractivity contribution in [2.24, 2.45) is 5.92 Å². The van der Waals surface area contributed by atoms with Gasteiger partial charge in [-0.05, 0) is 86.9 Å². The normalized spacial score (nSPS) is 18.9. The number of nitrogens with one attached hydrogen (secondary N) is 2. The highest BCUT2D eigenvalue weighted by Crippen LogP contribution is 2.41. The molecule has 2 aliphatic heterocycles. The van der Waals surface area contributed by atoms with Crippen LogP contribution in [0, 0.1) is 12.8 Å². The Balaban J connectivity index is 0.990. The lowest BCUT2D eigenvalue weighted by molar-refractivity contribution is 0.0519. The molecule has 0 aliphatic carbocycles. The maximum atomic E-state index is 13.6. The highest BCUT2D eigenvalue weighted by atomic mass is 32.1. The van der Waals surface area contributed by atoms with Crippen LogP contribution in [0.15, 0.2) is 84.5 Å². The summed E-state index contributed by atoms with van der Waals surface area (Å²) in [6.45, 7) is 8.37. The van der Waals surface area contributed by atoms with Gasteiger partial charge in [-0.3, -0.25) is 15.1 Å². The lowest BCUT2D eigenvalue weighted by atomic mass is 9.85. The van der Waals surface area contributed by atoms with Gasteiger partial charge in [0.1, 0.15) is 16.5 Å². The zero-order valence-electron chi connectivity index (χ0n) is 27.8. The number of benzene rings is 2. The minimum atomic E-state index is -0.320. The maximum absolute atomic E-state index is 13.6. The van der Waals surface area contributed by atoms with Crippen molar-refractivity contribution in [1.29, 1.82) is 0 Å². The molecule has 2 unspecified atom stereocenters. The van der Waals surface area contributed by atoms with Crippen LogP contribution in [0.2, 0.25) is 0 Å². The highest BCUT2D eigenvalue weighted by Gasteiger charge is 2.43. The van der Waals surface area contributed by atoms with Crippen LogP contribution in [0.1, 0.15) is 73.8 Å². The van der Waals surface area contributed by atoms with Gasteiger partial charge in [-0.25, -0.2) is 14.5 Å². The van der Waals surface area contributed by atoms with E-state index in [1.807, 2.05) is 66.9 Å². The zero-order valence-corrected chi connectivity index (χ0v) is 28.6. The Bertz CT molecular complexity index is 1910. The van der Waals surface area contributed by atoms with Crippen LogP contribution in [0.3, 0.4) is 0 Å². The van der Waals surface area contributed by atoms with Gasteiger partial charge in [0.15, 0.2) is 0 Å². The van der Waals surface area contributed by atoms with Gasteiger partial charge < -0.3 is 10.2 Å². The summed E-state index contributed by atoms with van der Waals surface area (Å²) >= 11 is 1.49. The molecule has 2 fully saturated rings. The molecule has 2 aromatic carbocycles. The smallest absolute Gasteiger partial charge is 0.324 e. The van der Waals surface area contributed by atoms with Crippen molar-refractivity contribution in [2.45, 2.75) is 77.3 Å². The third kappa shape index (κ3) is 6.75. The van der Waals surface area contributed by atoms with E-state index >= 15 is 0 Å². The number of hydrogen-bond acceptors (Lipinski definition) is 6. The van der Waals surface area contributed by atoms with E-state index in [0.29, 0.717) is 17.4 Å². The Kier molecular flexibility index (Phi) is 8.60. The van der Waals surface area contributed by atoms with E-state index in [4.69, 9.17) is 5.10 Å². The SMILES string of the molecule is Cc1ccc(-n2nc(C(C)(C)C)cc2NC(=O)Nc2cccc(CC3CC4CCC(C3)N4C(=O)c3csc(-c4cccnc4)n3)c2)cc1. The van der Waals surface area contributed by atoms with Crippen molar-refractivity contribution >= 4 is 34.8 Å². The van der Waals surface area contributed by atoms with Crippen molar-refractivity contribution in [3.63, 3.8) is 0 Å². The number of hydrogen-bond donors (Lipinski definition) is 2. The number of carbonyl (C=O) groups is 2. The first-order valence-electron chi connectivity index (χ1n) is 16.6. The lowest BCUT2D eigenvalue weighted by Crippen LogP contribution is -2.47. The average molecular weight is 660 g/mol. The van der Waals surface area contributed by atoms with Gasteiger partial charge in [0, 0.05) is 52.6 Å². The number of urea groups is 1. The second-order valence-corrected chi connectivity index (χ2v) is 15.0. The third-order valence-corrected chi connectivity index (χ3v) is 10.3. The molecule has 246 valence electrons. The minimum Gasteiger partial charge on any atom is -0.331 e. The van der Waals surface area contributed by atoms with E-state index in [1.165, 1.54) is 16.9 Å². The topological polar surface area (TPSA) is 105 Å². The van der Waals surface area contributed by atoms with Crippen molar-refractivity contribution in [2.75, 3.05) is 10.6 Å². The van der Waals surface area contributed by atoms with Gasteiger partial charge >= 0.3 is 6.03 Å². The number of pyridine rings is 1. The van der Waals surface area contributed by atoms with Crippen molar-refractivity contribution in [3.8, 4) is 16.3 Å². The number of piperidine rings is 1. The molecule has 3 aromatic heterocycles. The van der Waals surface area contributed by atoms with Crippen LogP contribution < -0.4 is 10.6 Å². The second kappa shape index (κ2) is 13.0. The number of anilines is 2. The van der Waals surface area contributed by atoms with Crippen LogP contribution in [-0.4, -0.2) is 48.7 Å². The molecule has 0 radical (unpaired) electrons. The Hall–Kier alpha value is -4.83. The molecule has 2 aliphatic rings. The number of aryl methyl sites for hydroxylation is 1. The third-order valence-electron chi connectivity index (χ3n) is 9.40. The maximum Gasteiger partial charge on any atom is 0.324 e. The van der Waals surface area contributed by atoms with E-state index in [9.17, 15) is 9.59 Å². The van der Waals surface area contributed by atoms with Crippen LogP contribution in [0.5, 0.6) is 0 Å². The molecule has 2 saturated heterocycles. The summed E-state index contributed by atoms with van der Waals surface area (Å²) in [6.07, 6.45) is 8.43. The van der Waals surface area contributed by atoms with E-state index < -0.39 is 0 Å². The Labute approximate surface area is 285 Å². The monoisotopic (exact) mass is 659 g/mol. The first kappa shape index (κ1) is 31.8. The molecule has 9 nitrogen and oxygen atoms in total. The average Bonchev–Trinajstić information content (AvgIpc) is 3.79. The van der Waals surface area contributed by atoms with Gasteiger partial charge in [0.2, 0.25) is 0 Å². The van der Waals surface area contributed by atoms with Crippen LogP contribution >= 0.6 is 11.3 Å². The summed E-state index contributed by atoms with van der Waals surface area (Å²) in [4.78, 5) is 37.8. The van der Waals surface area contributed by atoms with Crippen LogP contribution in [0.25, 0.3) is 16.3 Å². The minimum absolute atomic E-state index is 0.0443. The lowest BCUT2D eigenvalue weighted by Gasteiger charge is -2.38. The van der Waals surface area contributed by atoms with Gasteiger partial charge in [-0.2, -0.15) is 5.10 Å². The van der Waals surface area contributed by atoms with Crippen LogP contribution in [0.4, 0.5) is 16.3 Å². The number of carbonyl (C=O) groups excluding carboxylic acids is 2. The van der Waals surface area contributed by atoms with Crippen molar-refractivity contribution < 1.29 is 9.59 Å². The first-order valence-corrected chi connectivity index (χ1v) is 17.5. The standard InChI is InChI=1S/C38H41N7O2S/c1-24-10-12-29(13-11-24)45-34(21-33(43-45)38(2,3)4)42-37(47)40-28-9-5-7-25(18-28)17-26-19-30-14-15-31(20-26)44(30)36(46)32-23-48-35(41-32)27-8-6-16-39-22-27/h5-13,16,18,21-23,26,30-31H,14-15,17,19-20H2,1-4H3,(H2,40,42,47). The quantitative estimate of drug-likeness (QED) is 0.183. The van der Waals surface area contributed by atoms with Crippen LogP contribution in [-0.2, 0) is 11.8 Å². The summed E-state index contributed by atoms with van der Waals surface area (Å²) < 4.78 is 1.79. The molecule has 2 bridgehead atoms. The fourth-order valence-corrected chi connectivity index (χ4v) is 7.81. The number of nitrogens with zero attached hydrogens (tertiary/aromatic N) is 5. The number of fused-ring (bicyclic) bond motifs is 2. The molecule has 10 heteroatoms. The van der Waals surface area contributed by atoms with E-state index in [2.05, 4.69) is 58.4 Å². The fourth-order valence-electron chi connectivity index (χ4n) is 7.02. The fraction of sp³-hybridized carbons (Fsp3) is 0.342. The van der Waals surface area contributed by atoms with Crippen molar-refractivity contribution in [3.05, 3.63) is 107 Å². The summed E-state index contributed by atoms with van der Waals surface area (Å²) in [5.74, 6) is 1.12. The number of aromatic nitrogens is 4. The first-order chi connectivity index (χ1) is 23.1. The highest BCUT2D eigenvalue weighted by molar-refractivity contribution is 7.13. The molecule has 7 rings (SSSR count). The summed E-state index contributed by atoms with van der Waals surface area (Å²) in [6, 6.07) is 22.1. The second-order valence-electron chi connectivity index (χ2n) is 14.1.